The van der Waals surface area contributed by atoms with Gasteiger partial charge >= 0.3 is 0 Å². The minimum Gasteiger partial charge on any atom is -0.351 e. The van der Waals surface area contributed by atoms with E-state index in [0.717, 1.165) is 17.4 Å². The summed E-state index contributed by atoms with van der Waals surface area (Å²) in [5, 5.41) is 3.50. The van der Waals surface area contributed by atoms with Gasteiger partial charge in [0.2, 0.25) is 15.9 Å². The Labute approximate surface area is 147 Å². The van der Waals surface area contributed by atoms with E-state index in [0.29, 0.717) is 18.5 Å². The Kier molecular flexibility index (Phi) is 4.87. The van der Waals surface area contributed by atoms with Crippen LogP contribution in [-0.4, -0.2) is 42.7 Å². The van der Waals surface area contributed by atoms with Crippen molar-refractivity contribution in [2.75, 3.05) is 13.1 Å². The number of para-hydroxylation sites is 1. The smallest absolute Gasteiger partial charge is 0.245 e. The lowest BCUT2D eigenvalue weighted by atomic mass is 10.2. The molecule has 1 atom stereocenters. The first-order chi connectivity index (χ1) is 11.9. The number of fused-ring (bicyclic) bond motifs is 1. The summed E-state index contributed by atoms with van der Waals surface area (Å²) in [5.74, 6) is -0.299. The quantitative estimate of drug-likeness (QED) is 0.828. The van der Waals surface area contributed by atoms with E-state index in [1.54, 1.807) is 18.3 Å². The predicted octanol–water partition coefficient (Wildman–Crippen LogP) is 2.00. The molecule has 132 valence electrons. The number of carbonyl (C=O) groups excluding carboxylic acids is 1. The normalized spacial score (nSPS) is 18.4. The molecule has 3 rings (SSSR count). The maximum atomic E-state index is 13.2. The van der Waals surface area contributed by atoms with Gasteiger partial charge < -0.3 is 5.32 Å². The molecule has 1 aliphatic rings. The molecule has 1 amide bonds. The fourth-order valence-corrected chi connectivity index (χ4v) is 5.06. The van der Waals surface area contributed by atoms with Gasteiger partial charge in [0.05, 0.1) is 5.52 Å². The molecule has 2 heterocycles. The Bertz CT molecular complexity index is 924. The summed E-state index contributed by atoms with van der Waals surface area (Å²) >= 11 is 0. The van der Waals surface area contributed by atoms with Gasteiger partial charge in [-0.15, -0.1) is 0 Å². The SMILES string of the molecule is C=CC(=O)NC[C@@H]1CCCN1S(=O)(=O)c1cccc2cc(C)cnc12. The zero-order valence-corrected chi connectivity index (χ0v) is 14.9. The second-order valence-corrected chi connectivity index (χ2v) is 8.06. The van der Waals surface area contributed by atoms with Crippen LogP contribution in [-0.2, 0) is 14.8 Å². The van der Waals surface area contributed by atoms with Gasteiger partial charge in [-0.1, -0.05) is 18.7 Å². The zero-order chi connectivity index (χ0) is 18.0. The van der Waals surface area contributed by atoms with Crippen molar-refractivity contribution in [3.05, 3.63) is 48.7 Å². The topological polar surface area (TPSA) is 79.4 Å². The van der Waals surface area contributed by atoms with Gasteiger partial charge in [-0.25, -0.2) is 8.42 Å². The van der Waals surface area contributed by atoms with Crippen LogP contribution < -0.4 is 5.32 Å². The number of aryl methyl sites for hydroxylation is 1. The van der Waals surface area contributed by atoms with Crippen LogP contribution in [0.4, 0.5) is 0 Å². The molecule has 6 nitrogen and oxygen atoms in total. The van der Waals surface area contributed by atoms with E-state index in [4.69, 9.17) is 0 Å². The van der Waals surface area contributed by atoms with E-state index in [1.807, 2.05) is 19.1 Å². The Morgan fingerprint density at radius 3 is 3.04 bits per heavy atom. The number of rotatable bonds is 5. The summed E-state index contributed by atoms with van der Waals surface area (Å²) in [6.07, 6.45) is 4.34. The largest absolute Gasteiger partial charge is 0.351 e. The van der Waals surface area contributed by atoms with Crippen molar-refractivity contribution < 1.29 is 13.2 Å². The molecule has 7 heteroatoms. The van der Waals surface area contributed by atoms with Crippen molar-refractivity contribution in [3.63, 3.8) is 0 Å². The molecule has 2 aromatic rings. The number of hydrogen-bond acceptors (Lipinski definition) is 4. The van der Waals surface area contributed by atoms with Crippen LogP contribution in [0.25, 0.3) is 10.9 Å². The highest BCUT2D eigenvalue weighted by atomic mass is 32.2. The van der Waals surface area contributed by atoms with Crippen LogP contribution in [0, 0.1) is 6.92 Å². The lowest BCUT2D eigenvalue weighted by Gasteiger charge is -2.24. The van der Waals surface area contributed by atoms with Crippen LogP contribution in [0.5, 0.6) is 0 Å². The first-order valence-electron chi connectivity index (χ1n) is 8.21. The molecule has 0 saturated carbocycles. The van der Waals surface area contributed by atoms with E-state index < -0.39 is 10.0 Å². The van der Waals surface area contributed by atoms with Crippen LogP contribution in [0.15, 0.2) is 48.0 Å². The lowest BCUT2D eigenvalue weighted by Crippen LogP contribution is -2.42. The van der Waals surface area contributed by atoms with Crippen LogP contribution in [0.1, 0.15) is 18.4 Å². The van der Waals surface area contributed by atoms with E-state index in [1.165, 1.54) is 10.4 Å². The summed E-state index contributed by atoms with van der Waals surface area (Å²) in [6, 6.07) is 6.86. The van der Waals surface area contributed by atoms with Crippen molar-refractivity contribution >= 4 is 26.8 Å². The third-order valence-corrected chi connectivity index (χ3v) is 6.40. The van der Waals surface area contributed by atoms with Crippen molar-refractivity contribution in [1.29, 1.82) is 0 Å². The monoisotopic (exact) mass is 359 g/mol. The van der Waals surface area contributed by atoms with Crippen molar-refractivity contribution in [3.8, 4) is 0 Å². The predicted molar refractivity (Wildman–Crippen MR) is 96.6 cm³/mol. The van der Waals surface area contributed by atoms with Crippen LogP contribution in [0.3, 0.4) is 0 Å². The highest BCUT2D eigenvalue weighted by molar-refractivity contribution is 7.89. The Morgan fingerprint density at radius 1 is 1.48 bits per heavy atom. The molecular formula is C18H21N3O3S. The van der Waals surface area contributed by atoms with E-state index in [2.05, 4.69) is 16.9 Å². The highest BCUT2D eigenvalue weighted by Crippen LogP contribution is 2.29. The second-order valence-electron chi connectivity index (χ2n) is 6.20. The second kappa shape index (κ2) is 6.93. The fourth-order valence-electron chi connectivity index (χ4n) is 3.20. The number of aromatic nitrogens is 1. The molecule has 1 aromatic carbocycles. The molecule has 1 aliphatic heterocycles. The first kappa shape index (κ1) is 17.6. The molecule has 0 spiro atoms. The molecule has 1 fully saturated rings. The molecule has 1 saturated heterocycles. The summed E-state index contributed by atoms with van der Waals surface area (Å²) in [6.45, 7) is 6.06. The maximum absolute atomic E-state index is 13.2. The summed E-state index contributed by atoms with van der Waals surface area (Å²) < 4.78 is 27.9. The zero-order valence-electron chi connectivity index (χ0n) is 14.1. The summed E-state index contributed by atoms with van der Waals surface area (Å²) in [7, 11) is -3.69. The maximum Gasteiger partial charge on any atom is 0.245 e. The Hall–Kier alpha value is -2.25. The molecule has 0 radical (unpaired) electrons. The third-order valence-electron chi connectivity index (χ3n) is 4.42. The number of amides is 1. The average molecular weight is 359 g/mol. The van der Waals surface area contributed by atoms with Gasteiger partial charge in [0.25, 0.3) is 0 Å². The lowest BCUT2D eigenvalue weighted by molar-refractivity contribution is -0.116. The Morgan fingerprint density at radius 2 is 2.28 bits per heavy atom. The van der Waals surface area contributed by atoms with Crippen molar-refractivity contribution in [2.24, 2.45) is 0 Å². The number of nitrogens with one attached hydrogen (secondary N) is 1. The summed E-state index contributed by atoms with van der Waals surface area (Å²) in [5.41, 5.74) is 1.46. The van der Waals surface area contributed by atoms with E-state index in [-0.39, 0.29) is 23.4 Å². The number of hydrogen-bond donors (Lipinski definition) is 1. The number of carbonyl (C=O) groups is 1. The number of nitrogens with zero attached hydrogens (tertiary/aromatic N) is 2. The standard InChI is InChI=1S/C18H21N3O3S/c1-3-17(22)19-12-15-7-5-9-21(15)25(23,24)16-8-4-6-14-10-13(2)11-20-18(14)16/h3-4,6,8,10-11,15H,1,5,7,9,12H2,2H3,(H,19,22)/t15-/m0/s1. The van der Waals surface area contributed by atoms with Crippen molar-refractivity contribution in [2.45, 2.75) is 30.7 Å². The van der Waals surface area contributed by atoms with Gasteiger partial charge in [-0.2, -0.15) is 4.31 Å². The van der Waals surface area contributed by atoms with Crippen LogP contribution >= 0.6 is 0 Å². The summed E-state index contributed by atoms with van der Waals surface area (Å²) in [4.78, 5) is 16.0. The minimum absolute atomic E-state index is 0.215. The average Bonchev–Trinajstić information content (AvgIpc) is 3.08. The number of sulfonamides is 1. The van der Waals surface area contributed by atoms with E-state index in [9.17, 15) is 13.2 Å². The third kappa shape index (κ3) is 3.43. The van der Waals surface area contributed by atoms with Crippen LogP contribution in [0.2, 0.25) is 0 Å². The van der Waals surface area contributed by atoms with Gasteiger partial charge in [-0.05, 0) is 43.5 Å². The van der Waals surface area contributed by atoms with Gasteiger partial charge in [0.1, 0.15) is 4.90 Å². The van der Waals surface area contributed by atoms with Gasteiger partial charge in [-0.3, -0.25) is 9.78 Å². The fraction of sp³-hybridized carbons (Fsp3) is 0.333. The molecule has 1 N–H and O–H groups in total. The van der Waals surface area contributed by atoms with E-state index >= 15 is 0 Å². The molecule has 1 aromatic heterocycles. The number of benzene rings is 1. The van der Waals surface area contributed by atoms with Crippen molar-refractivity contribution in [1.82, 2.24) is 14.6 Å². The highest BCUT2D eigenvalue weighted by Gasteiger charge is 2.36. The Balaban J connectivity index is 1.96. The molecule has 0 aliphatic carbocycles. The molecule has 0 bridgehead atoms. The van der Waals surface area contributed by atoms with Gasteiger partial charge in [0.15, 0.2) is 0 Å². The molecule has 0 unspecified atom stereocenters. The minimum atomic E-state index is -3.69. The van der Waals surface area contributed by atoms with Gasteiger partial charge in [0, 0.05) is 30.7 Å². The molecular weight excluding hydrogens is 338 g/mol. The molecule has 25 heavy (non-hydrogen) atoms. The first-order valence-corrected chi connectivity index (χ1v) is 9.65. The number of pyridine rings is 1.